The molecule has 0 saturated carbocycles. The third-order valence-corrected chi connectivity index (χ3v) is 5.54. The zero-order chi connectivity index (χ0) is 17.0. The molecule has 2 aromatic rings. The molecule has 1 aromatic carbocycles. The van der Waals surface area contributed by atoms with Gasteiger partial charge in [-0.05, 0) is 38.1 Å². The van der Waals surface area contributed by atoms with Crippen LogP contribution in [-0.2, 0) is 21.2 Å². The first-order valence-electron chi connectivity index (χ1n) is 7.14. The molecule has 0 aliphatic carbocycles. The van der Waals surface area contributed by atoms with E-state index in [-0.39, 0.29) is 11.3 Å². The number of nitrogens with zero attached hydrogens (tertiary/aromatic N) is 2. The van der Waals surface area contributed by atoms with Gasteiger partial charge >= 0.3 is 0 Å². The molecule has 23 heavy (non-hydrogen) atoms. The van der Waals surface area contributed by atoms with Gasteiger partial charge < -0.3 is 5.32 Å². The van der Waals surface area contributed by atoms with E-state index in [0.717, 1.165) is 12.1 Å². The Kier molecular flexibility index (Phi) is 5.15. The number of hydrogen-bond acceptors (Lipinski definition) is 4. The van der Waals surface area contributed by atoms with Crippen LogP contribution in [0.4, 0.5) is 10.1 Å². The summed E-state index contributed by atoms with van der Waals surface area (Å²) in [5.74, 6) is -0.930. The minimum Gasteiger partial charge on any atom is -0.323 e. The minimum atomic E-state index is -3.69. The van der Waals surface area contributed by atoms with Crippen molar-refractivity contribution >= 4 is 21.4 Å². The number of aromatic nitrogens is 2. The molecule has 6 nitrogen and oxygen atoms in total. The average Bonchev–Trinajstić information content (AvgIpc) is 2.95. The molecule has 0 spiro atoms. The Hall–Kier alpha value is -2.22. The Labute approximate surface area is 134 Å². The SMILES string of the molecule is CCn1cc(NC(=O)C[C@@H](C)S(=O)(=O)c2ccc(F)cc2)cn1. The Morgan fingerprint density at radius 3 is 2.57 bits per heavy atom. The first-order chi connectivity index (χ1) is 10.8. The third kappa shape index (κ3) is 4.16. The van der Waals surface area contributed by atoms with Gasteiger partial charge in [0, 0.05) is 19.2 Å². The monoisotopic (exact) mass is 339 g/mol. The van der Waals surface area contributed by atoms with Crippen molar-refractivity contribution in [2.24, 2.45) is 0 Å². The molecule has 124 valence electrons. The number of aryl methyl sites for hydroxylation is 1. The summed E-state index contributed by atoms with van der Waals surface area (Å²) in [7, 11) is -3.69. The lowest BCUT2D eigenvalue weighted by Gasteiger charge is -2.12. The van der Waals surface area contributed by atoms with E-state index in [1.165, 1.54) is 25.3 Å². The first kappa shape index (κ1) is 17.1. The summed E-state index contributed by atoms with van der Waals surface area (Å²) in [5, 5.41) is 5.71. The molecule has 0 bridgehead atoms. The number of sulfone groups is 1. The van der Waals surface area contributed by atoms with E-state index in [0.29, 0.717) is 12.2 Å². The number of benzene rings is 1. The Bertz CT molecular complexity index is 785. The number of anilines is 1. The van der Waals surface area contributed by atoms with Crippen molar-refractivity contribution < 1.29 is 17.6 Å². The summed E-state index contributed by atoms with van der Waals surface area (Å²) in [6, 6.07) is 4.56. The second-order valence-corrected chi connectivity index (χ2v) is 7.51. The van der Waals surface area contributed by atoms with E-state index in [1.807, 2.05) is 6.92 Å². The standard InChI is InChI=1S/C15H18FN3O3S/c1-3-19-10-13(9-17-19)18-15(20)8-11(2)23(21,22)14-6-4-12(16)5-7-14/h4-7,9-11H,3,8H2,1-2H3,(H,18,20)/t11-/m1/s1. The number of rotatable bonds is 6. The maximum absolute atomic E-state index is 12.9. The molecule has 8 heteroatoms. The van der Waals surface area contributed by atoms with Crippen molar-refractivity contribution in [1.29, 1.82) is 0 Å². The quantitative estimate of drug-likeness (QED) is 0.818. The number of hydrogen-bond donors (Lipinski definition) is 1. The fourth-order valence-corrected chi connectivity index (χ4v) is 3.39. The normalized spacial score (nSPS) is 12.8. The predicted octanol–water partition coefficient (Wildman–Crippen LogP) is 2.23. The van der Waals surface area contributed by atoms with E-state index in [2.05, 4.69) is 10.4 Å². The Morgan fingerprint density at radius 1 is 1.35 bits per heavy atom. The number of carbonyl (C=O) groups is 1. The highest BCUT2D eigenvalue weighted by molar-refractivity contribution is 7.92. The highest BCUT2D eigenvalue weighted by atomic mass is 32.2. The van der Waals surface area contributed by atoms with Crippen molar-refractivity contribution in [3.63, 3.8) is 0 Å². The van der Waals surface area contributed by atoms with E-state index in [9.17, 15) is 17.6 Å². The molecule has 1 atom stereocenters. The number of nitrogens with one attached hydrogen (secondary N) is 1. The highest BCUT2D eigenvalue weighted by Crippen LogP contribution is 2.19. The van der Waals surface area contributed by atoms with Crippen LogP contribution >= 0.6 is 0 Å². The van der Waals surface area contributed by atoms with Gasteiger partial charge in [-0.1, -0.05) is 0 Å². The van der Waals surface area contributed by atoms with Crippen LogP contribution in [0.1, 0.15) is 20.3 Å². The van der Waals surface area contributed by atoms with Crippen LogP contribution in [-0.4, -0.2) is 29.4 Å². The van der Waals surface area contributed by atoms with E-state index >= 15 is 0 Å². The maximum atomic E-state index is 12.9. The molecular weight excluding hydrogens is 321 g/mol. The average molecular weight is 339 g/mol. The second kappa shape index (κ2) is 6.91. The number of amides is 1. The maximum Gasteiger partial charge on any atom is 0.225 e. The summed E-state index contributed by atoms with van der Waals surface area (Å²) in [4.78, 5) is 12.0. The Balaban J connectivity index is 2.03. The lowest BCUT2D eigenvalue weighted by atomic mass is 10.3. The van der Waals surface area contributed by atoms with Crippen LogP contribution in [0.2, 0.25) is 0 Å². The van der Waals surface area contributed by atoms with Gasteiger partial charge in [-0.2, -0.15) is 5.10 Å². The number of halogens is 1. The molecule has 0 radical (unpaired) electrons. The van der Waals surface area contributed by atoms with Gasteiger partial charge in [-0.15, -0.1) is 0 Å². The summed E-state index contributed by atoms with van der Waals surface area (Å²) < 4.78 is 39.3. The smallest absolute Gasteiger partial charge is 0.225 e. The molecule has 0 saturated heterocycles. The fraction of sp³-hybridized carbons (Fsp3) is 0.333. The molecule has 1 amide bonds. The van der Waals surface area contributed by atoms with Gasteiger partial charge in [0.15, 0.2) is 9.84 Å². The Morgan fingerprint density at radius 2 is 2.00 bits per heavy atom. The second-order valence-electron chi connectivity index (χ2n) is 5.15. The van der Waals surface area contributed by atoms with Crippen LogP contribution in [0.25, 0.3) is 0 Å². The summed E-state index contributed by atoms with van der Waals surface area (Å²) in [6.07, 6.45) is 2.97. The number of carbonyl (C=O) groups excluding carboxylic acids is 1. The topological polar surface area (TPSA) is 81.1 Å². The van der Waals surface area contributed by atoms with Crippen LogP contribution in [0.3, 0.4) is 0 Å². The molecular formula is C15H18FN3O3S. The minimum absolute atomic E-state index is 0.00185. The fourth-order valence-electron chi connectivity index (χ4n) is 2.04. The molecule has 0 fully saturated rings. The van der Waals surface area contributed by atoms with E-state index < -0.39 is 26.8 Å². The van der Waals surface area contributed by atoms with Crippen LogP contribution in [0.5, 0.6) is 0 Å². The lowest BCUT2D eigenvalue weighted by molar-refractivity contribution is -0.116. The van der Waals surface area contributed by atoms with Crippen molar-refractivity contribution in [3.05, 3.63) is 42.5 Å². The van der Waals surface area contributed by atoms with Crippen molar-refractivity contribution in [2.75, 3.05) is 5.32 Å². The van der Waals surface area contributed by atoms with Crippen molar-refractivity contribution in [2.45, 2.75) is 37.0 Å². The largest absolute Gasteiger partial charge is 0.323 e. The van der Waals surface area contributed by atoms with Gasteiger partial charge in [0.2, 0.25) is 5.91 Å². The van der Waals surface area contributed by atoms with Crippen molar-refractivity contribution in [1.82, 2.24) is 9.78 Å². The van der Waals surface area contributed by atoms with Crippen LogP contribution in [0, 0.1) is 5.82 Å². The molecule has 1 heterocycles. The summed E-state index contributed by atoms with van der Waals surface area (Å²) in [5.41, 5.74) is 0.517. The lowest BCUT2D eigenvalue weighted by Crippen LogP contribution is -2.25. The molecule has 2 rings (SSSR count). The third-order valence-electron chi connectivity index (χ3n) is 3.39. The van der Waals surface area contributed by atoms with E-state index in [1.54, 1.807) is 10.9 Å². The van der Waals surface area contributed by atoms with Gasteiger partial charge in [-0.3, -0.25) is 9.48 Å². The summed E-state index contributed by atoms with van der Waals surface area (Å²) in [6.45, 7) is 4.04. The van der Waals surface area contributed by atoms with Gasteiger partial charge in [-0.25, -0.2) is 12.8 Å². The van der Waals surface area contributed by atoms with Gasteiger partial charge in [0.1, 0.15) is 5.82 Å². The van der Waals surface area contributed by atoms with Crippen molar-refractivity contribution in [3.8, 4) is 0 Å². The molecule has 0 aliphatic heterocycles. The van der Waals surface area contributed by atoms with Gasteiger partial charge in [0.25, 0.3) is 0 Å². The predicted molar refractivity (Wildman–Crippen MR) is 84.2 cm³/mol. The molecule has 0 unspecified atom stereocenters. The molecule has 1 N–H and O–H groups in total. The molecule has 0 aliphatic rings. The highest BCUT2D eigenvalue weighted by Gasteiger charge is 2.25. The van der Waals surface area contributed by atoms with E-state index in [4.69, 9.17) is 0 Å². The first-order valence-corrected chi connectivity index (χ1v) is 8.69. The molecule has 1 aromatic heterocycles. The van der Waals surface area contributed by atoms with Crippen LogP contribution < -0.4 is 5.32 Å². The van der Waals surface area contributed by atoms with Crippen LogP contribution in [0.15, 0.2) is 41.6 Å². The zero-order valence-electron chi connectivity index (χ0n) is 12.9. The summed E-state index contributed by atoms with van der Waals surface area (Å²) >= 11 is 0. The van der Waals surface area contributed by atoms with Gasteiger partial charge in [0.05, 0.1) is 22.0 Å². The zero-order valence-corrected chi connectivity index (χ0v) is 13.7.